The van der Waals surface area contributed by atoms with Crippen LogP contribution in [0.3, 0.4) is 0 Å². The summed E-state index contributed by atoms with van der Waals surface area (Å²) in [7, 11) is 1.98. The molecule has 0 unspecified atom stereocenters. The summed E-state index contributed by atoms with van der Waals surface area (Å²) >= 11 is 0. The van der Waals surface area contributed by atoms with Crippen molar-refractivity contribution in [2.75, 3.05) is 20.1 Å². The molecule has 86 valence electrons. The fourth-order valence-corrected chi connectivity index (χ4v) is 2.05. The highest BCUT2D eigenvalue weighted by molar-refractivity contribution is 5.94. The maximum absolute atomic E-state index is 12.1. The van der Waals surface area contributed by atoms with Crippen LogP contribution >= 0.6 is 0 Å². The van der Waals surface area contributed by atoms with E-state index < -0.39 is 0 Å². The lowest BCUT2D eigenvalue weighted by Gasteiger charge is -2.31. The van der Waals surface area contributed by atoms with Crippen molar-refractivity contribution >= 4 is 5.91 Å². The van der Waals surface area contributed by atoms with Gasteiger partial charge in [-0.1, -0.05) is 0 Å². The van der Waals surface area contributed by atoms with E-state index in [1.54, 1.807) is 24.5 Å². The van der Waals surface area contributed by atoms with E-state index in [1.807, 2.05) is 11.9 Å². The largest absolute Gasteiger partial charge is 0.339 e. The second kappa shape index (κ2) is 5.07. The van der Waals surface area contributed by atoms with Crippen molar-refractivity contribution in [1.82, 2.24) is 15.2 Å². The van der Waals surface area contributed by atoms with E-state index in [0.29, 0.717) is 6.04 Å². The van der Waals surface area contributed by atoms with Gasteiger partial charge in [-0.05, 0) is 32.0 Å². The first-order chi connectivity index (χ1) is 7.81. The zero-order valence-corrected chi connectivity index (χ0v) is 9.52. The van der Waals surface area contributed by atoms with Gasteiger partial charge in [-0.3, -0.25) is 9.78 Å². The van der Waals surface area contributed by atoms with Gasteiger partial charge < -0.3 is 10.2 Å². The zero-order chi connectivity index (χ0) is 11.4. The van der Waals surface area contributed by atoms with E-state index in [9.17, 15) is 4.79 Å². The van der Waals surface area contributed by atoms with E-state index in [0.717, 1.165) is 31.5 Å². The fraction of sp³-hybridized carbons (Fsp3) is 0.500. The Labute approximate surface area is 95.7 Å². The van der Waals surface area contributed by atoms with E-state index >= 15 is 0 Å². The number of hydrogen-bond donors (Lipinski definition) is 1. The molecule has 0 atom stereocenters. The average Bonchev–Trinajstić information content (AvgIpc) is 2.39. The van der Waals surface area contributed by atoms with E-state index in [4.69, 9.17) is 0 Å². The Morgan fingerprint density at radius 2 is 2.00 bits per heavy atom. The summed E-state index contributed by atoms with van der Waals surface area (Å²) < 4.78 is 0. The van der Waals surface area contributed by atoms with E-state index in [-0.39, 0.29) is 5.91 Å². The summed E-state index contributed by atoms with van der Waals surface area (Å²) in [5, 5.41) is 3.26. The molecule has 16 heavy (non-hydrogen) atoms. The van der Waals surface area contributed by atoms with Crippen LogP contribution in [-0.2, 0) is 0 Å². The summed E-state index contributed by atoms with van der Waals surface area (Å²) in [4.78, 5) is 17.9. The maximum atomic E-state index is 12.1. The van der Waals surface area contributed by atoms with Crippen LogP contribution in [0.1, 0.15) is 23.2 Å². The van der Waals surface area contributed by atoms with Crippen molar-refractivity contribution in [2.45, 2.75) is 18.9 Å². The van der Waals surface area contributed by atoms with Crippen LogP contribution in [0.5, 0.6) is 0 Å². The smallest absolute Gasteiger partial charge is 0.253 e. The van der Waals surface area contributed by atoms with Crippen LogP contribution < -0.4 is 5.32 Å². The van der Waals surface area contributed by atoms with Crippen LogP contribution in [0.25, 0.3) is 0 Å². The first-order valence-corrected chi connectivity index (χ1v) is 5.68. The van der Waals surface area contributed by atoms with Crippen molar-refractivity contribution < 1.29 is 4.79 Å². The molecule has 4 nitrogen and oxygen atoms in total. The normalized spacial score (nSPS) is 17.4. The molecule has 1 aliphatic heterocycles. The molecule has 1 fully saturated rings. The second-order valence-corrected chi connectivity index (χ2v) is 4.09. The van der Waals surface area contributed by atoms with Crippen molar-refractivity contribution in [3.05, 3.63) is 30.1 Å². The van der Waals surface area contributed by atoms with Gasteiger partial charge in [0.15, 0.2) is 0 Å². The lowest BCUT2D eigenvalue weighted by molar-refractivity contribution is 0.0707. The Balaban J connectivity index is 1.97. The highest BCUT2D eigenvalue weighted by Gasteiger charge is 2.22. The van der Waals surface area contributed by atoms with Gasteiger partial charge in [-0.25, -0.2) is 0 Å². The van der Waals surface area contributed by atoms with Crippen LogP contribution in [0.4, 0.5) is 0 Å². The molecule has 0 saturated carbocycles. The minimum atomic E-state index is 0.122. The molecule has 1 saturated heterocycles. The Bertz CT molecular complexity index is 345. The number of hydrogen-bond acceptors (Lipinski definition) is 3. The predicted octanol–water partition coefficient (Wildman–Crippen LogP) is 0.906. The highest BCUT2D eigenvalue weighted by atomic mass is 16.2. The molecule has 1 N–H and O–H groups in total. The van der Waals surface area contributed by atoms with Gasteiger partial charge in [-0.15, -0.1) is 0 Å². The van der Waals surface area contributed by atoms with E-state index in [2.05, 4.69) is 10.3 Å². The molecule has 0 radical (unpaired) electrons. The topological polar surface area (TPSA) is 45.2 Å². The molecule has 1 aromatic heterocycles. The standard InChI is InChI=1S/C12H17N3O/c1-13-11-4-8-15(9-5-11)12(16)10-2-6-14-7-3-10/h2-3,6-7,11,13H,4-5,8-9H2,1H3. The Morgan fingerprint density at radius 3 is 2.56 bits per heavy atom. The van der Waals surface area contributed by atoms with E-state index in [1.165, 1.54) is 0 Å². The number of carbonyl (C=O) groups excluding carboxylic acids is 1. The van der Waals surface area contributed by atoms with Gasteiger partial charge in [0.05, 0.1) is 0 Å². The molecule has 2 heterocycles. The number of amides is 1. The average molecular weight is 219 g/mol. The van der Waals surface area contributed by atoms with Crippen LogP contribution in [0, 0.1) is 0 Å². The van der Waals surface area contributed by atoms with Crippen LogP contribution in [0.15, 0.2) is 24.5 Å². The Morgan fingerprint density at radius 1 is 1.38 bits per heavy atom. The summed E-state index contributed by atoms with van der Waals surface area (Å²) in [6.07, 6.45) is 5.39. The Hall–Kier alpha value is -1.42. The monoisotopic (exact) mass is 219 g/mol. The highest BCUT2D eigenvalue weighted by Crippen LogP contribution is 2.13. The number of pyridine rings is 1. The third-order valence-corrected chi connectivity index (χ3v) is 3.12. The van der Waals surface area contributed by atoms with Gasteiger partial charge in [0.25, 0.3) is 5.91 Å². The first-order valence-electron chi connectivity index (χ1n) is 5.68. The number of aromatic nitrogens is 1. The SMILES string of the molecule is CNC1CCN(C(=O)c2ccncc2)CC1. The second-order valence-electron chi connectivity index (χ2n) is 4.09. The number of nitrogens with zero attached hydrogens (tertiary/aromatic N) is 2. The molecule has 0 bridgehead atoms. The molecular weight excluding hydrogens is 202 g/mol. The maximum Gasteiger partial charge on any atom is 0.253 e. The molecule has 1 aromatic rings. The number of carbonyl (C=O) groups is 1. The summed E-state index contributed by atoms with van der Waals surface area (Å²) in [6.45, 7) is 1.68. The quantitative estimate of drug-likeness (QED) is 0.804. The molecule has 2 rings (SSSR count). The van der Waals surface area contributed by atoms with Gasteiger partial charge in [0, 0.05) is 37.1 Å². The molecule has 0 aromatic carbocycles. The number of rotatable bonds is 2. The first kappa shape index (κ1) is 11.1. The number of piperidine rings is 1. The van der Waals surface area contributed by atoms with Gasteiger partial charge in [0.2, 0.25) is 0 Å². The summed E-state index contributed by atoms with van der Waals surface area (Å²) in [5.41, 5.74) is 0.734. The fourth-order valence-electron chi connectivity index (χ4n) is 2.05. The van der Waals surface area contributed by atoms with Crippen LogP contribution in [0.2, 0.25) is 0 Å². The van der Waals surface area contributed by atoms with Crippen molar-refractivity contribution in [2.24, 2.45) is 0 Å². The molecule has 4 heteroatoms. The van der Waals surface area contributed by atoms with Gasteiger partial charge in [0.1, 0.15) is 0 Å². The van der Waals surface area contributed by atoms with Crippen molar-refractivity contribution in [1.29, 1.82) is 0 Å². The molecular formula is C12H17N3O. The molecule has 1 amide bonds. The minimum absolute atomic E-state index is 0.122. The molecule has 1 aliphatic rings. The summed E-state index contributed by atoms with van der Waals surface area (Å²) in [5.74, 6) is 0.122. The van der Waals surface area contributed by atoms with Gasteiger partial charge in [-0.2, -0.15) is 0 Å². The summed E-state index contributed by atoms with van der Waals surface area (Å²) in [6, 6.07) is 4.10. The van der Waals surface area contributed by atoms with Gasteiger partial charge >= 0.3 is 0 Å². The van der Waals surface area contributed by atoms with Crippen molar-refractivity contribution in [3.8, 4) is 0 Å². The zero-order valence-electron chi connectivity index (χ0n) is 9.52. The third kappa shape index (κ3) is 2.39. The Kier molecular flexibility index (Phi) is 3.51. The minimum Gasteiger partial charge on any atom is -0.339 e. The molecule has 0 aliphatic carbocycles. The lowest BCUT2D eigenvalue weighted by Crippen LogP contribution is -2.43. The molecule has 0 spiro atoms. The third-order valence-electron chi connectivity index (χ3n) is 3.12. The number of likely N-dealkylation sites (tertiary alicyclic amines) is 1. The number of nitrogens with one attached hydrogen (secondary N) is 1. The lowest BCUT2D eigenvalue weighted by atomic mass is 10.0. The predicted molar refractivity (Wildman–Crippen MR) is 62.2 cm³/mol. The van der Waals surface area contributed by atoms with Crippen molar-refractivity contribution in [3.63, 3.8) is 0 Å². The van der Waals surface area contributed by atoms with Crippen LogP contribution in [-0.4, -0.2) is 42.0 Å².